The number of nitrogens with one attached hydrogen (secondary N) is 2. The van der Waals surface area contributed by atoms with Crippen molar-refractivity contribution >= 4 is 39.2 Å². The quantitative estimate of drug-likeness (QED) is 0.579. The van der Waals surface area contributed by atoms with Gasteiger partial charge < -0.3 is 15.0 Å². The minimum atomic E-state index is -3.80. The standard InChI is InChI=1S/C19H23ClN6O4S/c20-14-11-15-16(30-13-18(27)24-15)12-17(14)31(28,29)23-5-2-6-25-7-9-26(10-8-25)19-21-3-1-4-22-19/h1,3-4,11-12,23H,2,5-10,13H2,(H,24,27). The first-order valence-electron chi connectivity index (χ1n) is 9.92. The van der Waals surface area contributed by atoms with Gasteiger partial charge in [-0.05, 0) is 25.1 Å². The van der Waals surface area contributed by atoms with Crippen LogP contribution < -0.4 is 19.7 Å². The highest BCUT2D eigenvalue weighted by molar-refractivity contribution is 7.89. The van der Waals surface area contributed by atoms with Crippen molar-refractivity contribution in [2.24, 2.45) is 0 Å². The lowest BCUT2D eigenvalue weighted by atomic mass is 10.2. The molecule has 1 fully saturated rings. The Bertz CT molecular complexity index is 1040. The molecule has 4 rings (SSSR count). The van der Waals surface area contributed by atoms with Crippen molar-refractivity contribution in [3.63, 3.8) is 0 Å². The van der Waals surface area contributed by atoms with Crippen LogP contribution in [0.5, 0.6) is 5.75 Å². The molecule has 0 radical (unpaired) electrons. The van der Waals surface area contributed by atoms with Gasteiger partial charge in [-0.3, -0.25) is 9.69 Å². The summed E-state index contributed by atoms with van der Waals surface area (Å²) < 4.78 is 33.2. The minimum Gasteiger partial charge on any atom is -0.482 e. The molecule has 166 valence electrons. The smallest absolute Gasteiger partial charge is 0.262 e. The zero-order valence-corrected chi connectivity index (χ0v) is 18.3. The molecular weight excluding hydrogens is 444 g/mol. The number of hydrogen-bond acceptors (Lipinski definition) is 8. The summed E-state index contributed by atoms with van der Waals surface area (Å²) in [5, 5.41) is 2.63. The van der Waals surface area contributed by atoms with Gasteiger partial charge in [0, 0.05) is 51.2 Å². The maximum Gasteiger partial charge on any atom is 0.262 e. The molecule has 2 N–H and O–H groups in total. The summed E-state index contributed by atoms with van der Waals surface area (Å²) in [6, 6.07) is 4.52. The number of carbonyl (C=O) groups is 1. The topological polar surface area (TPSA) is 117 Å². The average molecular weight is 467 g/mol. The Balaban J connectivity index is 1.26. The molecule has 0 aliphatic carbocycles. The number of aromatic nitrogens is 2. The van der Waals surface area contributed by atoms with Crippen molar-refractivity contribution in [1.29, 1.82) is 0 Å². The van der Waals surface area contributed by atoms with Crippen molar-refractivity contribution in [2.75, 3.05) is 56.1 Å². The largest absolute Gasteiger partial charge is 0.482 e. The Labute approximate surface area is 185 Å². The van der Waals surface area contributed by atoms with Gasteiger partial charge in [-0.2, -0.15) is 0 Å². The summed E-state index contributed by atoms with van der Waals surface area (Å²) in [4.78, 5) is 24.3. The van der Waals surface area contributed by atoms with E-state index in [1.807, 2.05) is 0 Å². The summed E-state index contributed by atoms with van der Waals surface area (Å²) in [5.41, 5.74) is 0.361. The molecular formula is C19H23ClN6O4S. The lowest BCUT2D eigenvalue weighted by molar-refractivity contribution is -0.118. The Hall–Kier alpha value is -2.47. The molecule has 3 heterocycles. The molecule has 12 heteroatoms. The first-order chi connectivity index (χ1) is 14.9. The molecule has 0 unspecified atom stereocenters. The molecule has 1 saturated heterocycles. The predicted octanol–water partition coefficient (Wildman–Crippen LogP) is 0.951. The van der Waals surface area contributed by atoms with E-state index in [0.717, 1.165) is 38.7 Å². The van der Waals surface area contributed by atoms with E-state index in [2.05, 4.69) is 29.8 Å². The van der Waals surface area contributed by atoms with Gasteiger partial charge >= 0.3 is 0 Å². The second-order valence-electron chi connectivity index (χ2n) is 7.24. The molecule has 0 atom stereocenters. The van der Waals surface area contributed by atoms with E-state index < -0.39 is 10.0 Å². The van der Waals surface area contributed by atoms with Gasteiger partial charge in [-0.25, -0.2) is 23.1 Å². The molecule has 1 aromatic heterocycles. The normalized spacial score (nSPS) is 17.1. The number of ether oxygens (including phenoxy) is 1. The fraction of sp³-hybridized carbons (Fsp3) is 0.421. The summed E-state index contributed by atoms with van der Waals surface area (Å²) in [6.45, 7) is 4.29. The van der Waals surface area contributed by atoms with E-state index in [4.69, 9.17) is 16.3 Å². The molecule has 10 nitrogen and oxygen atoms in total. The lowest BCUT2D eigenvalue weighted by Crippen LogP contribution is -2.47. The van der Waals surface area contributed by atoms with Crippen LogP contribution in [0.15, 0.2) is 35.5 Å². The van der Waals surface area contributed by atoms with Crippen LogP contribution in [0.3, 0.4) is 0 Å². The number of anilines is 2. The average Bonchev–Trinajstić information content (AvgIpc) is 2.77. The number of rotatable bonds is 7. The third kappa shape index (κ3) is 5.24. The zero-order chi connectivity index (χ0) is 21.8. The number of amides is 1. The zero-order valence-electron chi connectivity index (χ0n) is 16.8. The van der Waals surface area contributed by atoms with E-state index in [1.165, 1.54) is 12.1 Å². The van der Waals surface area contributed by atoms with Gasteiger partial charge in [-0.1, -0.05) is 11.6 Å². The fourth-order valence-corrected chi connectivity index (χ4v) is 5.12. The van der Waals surface area contributed by atoms with E-state index in [1.54, 1.807) is 18.5 Å². The molecule has 0 bridgehead atoms. The number of sulfonamides is 1. The molecule has 2 aliphatic rings. The maximum atomic E-state index is 12.7. The molecule has 0 saturated carbocycles. The summed E-state index contributed by atoms with van der Waals surface area (Å²) in [7, 11) is -3.80. The van der Waals surface area contributed by atoms with Crippen molar-refractivity contribution in [3.05, 3.63) is 35.6 Å². The van der Waals surface area contributed by atoms with Crippen molar-refractivity contribution in [2.45, 2.75) is 11.3 Å². The summed E-state index contributed by atoms with van der Waals surface area (Å²) in [6.07, 6.45) is 4.13. The van der Waals surface area contributed by atoms with Crippen LogP contribution in [-0.4, -0.2) is 75.1 Å². The van der Waals surface area contributed by atoms with Crippen LogP contribution in [0.1, 0.15) is 6.42 Å². The molecule has 1 amide bonds. The van der Waals surface area contributed by atoms with Gasteiger partial charge in [0.1, 0.15) is 10.6 Å². The second kappa shape index (κ2) is 9.35. The van der Waals surface area contributed by atoms with Crippen LogP contribution in [-0.2, 0) is 14.8 Å². The van der Waals surface area contributed by atoms with Crippen molar-refractivity contribution in [1.82, 2.24) is 19.6 Å². The molecule has 2 aromatic rings. The Morgan fingerprint density at radius 2 is 1.90 bits per heavy atom. The van der Waals surface area contributed by atoms with Gasteiger partial charge in [-0.15, -0.1) is 0 Å². The summed E-state index contributed by atoms with van der Waals surface area (Å²) in [5.74, 6) is 0.708. The molecule has 1 aromatic carbocycles. The monoisotopic (exact) mass is 466 g/mol. The predicted molar refractivity (Wildman–Crippen MR) is 116 cm³/mol. The Morgan fingerprint density at radius 1 is 1.16 bits per heavy atom. The van der Waals surface area contributed by atoms with E-state index >= 15 is 0 Å². The number of carbonyl (C=O) groups excluding carboxylic acids is 1. The van der Waals surface area contributed by atoms with Crippen LogP contribution in [0.2, 0.25) is 5.02 Å². The van der Waals surface area contributed by atoms with E-state index in [0.29, 0.717) is 12.1 Å². The SMILES string of the molecule is O=C1COc2cc(S(=O)(=O)NCCCN3CCN(c4ncccn4)CC3)c(Cl)cc2N1. The number of fused-ring (bicyclic) bond motifs is 1. The van der Waals surface area contributed by atoms with Gasteiger partial charge in [0.25, 0.3) is 5.91 Å². The first-order valence-corrected chi connectivity index (χ1v) is 11.8. The maximum absolute atomic E-state index is 12.7. The van der Waals surface area contributed by atoms with E-state index in [-0.39, 0.29) is 34.7 Å². The van der Waals surface area contributed by atoms with Crippen LogP contribution in [0, 0.1) is 0 Å². The highest BCUT2D eigenvalue weighted by Gasteiger charge is 2.24. The third-order valence-corrected chi connectivity index (χ3v) is 7.03. The van der Waals surface area contributed by atoms with Crippen molar-refractivity contribution < 1.29 is 17.9 Å². The van der Waals surface area contributed by atoms with Crippen LogP contribution in [0.25, 0.3) is 0 Å². The van der Waals surface area contributed by atoms with Gasteiger partial charge in [0.2, 0.25) is 16.0 Å². The minimum absolute atomic E-state index is 0.0244. The number of hydrogen-bond donors (Lipinski definition) is 2. The number of halogens is 1. The molecule has 31 heavy (non-hydrogen) atoms. The van der Waals surface area contributed by atoms with E-state index in [9.17, 15) is 13.2 Å². The van der Waals surface area contributed by atoms with Gasteiger partial charge in [0.05, 0.1) is 10.7 Å². The number of nitrogens with zero attached hydrogens (tertiary/aromatic N) is 4. The molecule has 0 spiro atoms. The lowest BCUT2D eigenvalue weighted by Gasteiger charge is -2.34. The Morgan fingerprint density at radius 3 is 2.65 bits per heavy atom. The first kappa shape index (κ1) is 21.8. The summed E-state index contributed by atoms with van der Waals surface area (Å²) >= 11 is 6.14. The third-order valence-electron chi connectivity index (χ3n) is 5.11. The Kier molecular flexibility index (Phi) is 6.56. The highest BCUT2D eigenvalue weighted by Crippen LogP contribution is 2.35. The number of benzene rings is 1. The van der Waals surface area contributed by atoms with Crippen molar-refractivity contribution in [3.8, 4) is 5.75 Å². The van der Waals surface area contributed by atoms with Gasteiger partial charge in [0.15, 0.2) is 6.61 Å². The second-order valence-corrected chi connectivity index (χ2v) is 9.39. The fourth-order valence-electron chi connectivity index (χ4n) is 3.50. The number of piperazine rings is 1. The van der Waals surface area contributed by atoms with Crippen LogP contribution >= 0.6 is 11.6 Å². The molecule has 2 aliphatic heterocycles. The van der Waals surface area contributed by atoms with Crippen LogP contribution in [0.4, 0.5) is 11.6 Å². The highest BCUT2D eigenvalue weighted by atomic mass is 35.5.